The molecule has 0 heterocycles. The van der Waals surface area contributed by atoms with Crippen molar-refractivity contribution in [3.63, 3.8) is 0 Å². The van der Waals surface area contributed by atoms with Crippen LogP contribution >= 0.6 is 17.2 Å². The van der Waals surface area contributed by atoms with Gasteiger partial charge in [-0.25, -0.2) is 0 Å². The Hall–Kier alpha value is -2.84. The van der Waals surface area contributed by atoms with E-state index in [9.17, 15) is 25.9 Å². The van der Waals surface area contributed by atoms with Gasteiger partial charge in [-0.3, -0.25) is 9.11 Å². The summed E-state index contributed by atoms with van der Waals surface area (Å²) in [6, 6.07) is 23.5. The maximum absolute atomic E-state index is 11.4. The number of hydrogen-bond acceptors (Lipinski definition) is 6. The Morgan fingerprint density at radius 2 is 0.895 bits per heavy atom. The predicted octanol–water partition coefficient (Wildman–Crippen LogP) is 3.12. The van der Waals surface area contributed by atoms with Crippen molar-refractivity contribution in [1.82, 2.24) is 0 Å². The highest BCUT2D eigenvalue weighted by molar-refractivity contribution is 7.86. The number of methoxy groups -OCH3 is 2. The van der Waals surface area contributed by atoms with Gasteiger partial charge in [0, 0.05) is 11.1 Å². The third-order valence-electron chi connectivity index (χ3n) is 5.60. The average molecular weight is 591 g/mol. The molecule has 198 valence electrons. The van der Waals surface area contributed by atoms with Crippen molar-refractivity contribution < 1.29 is 35.4 Å². The van der Waals surface area contributed by atoms with Gasteiger partial charge in [0.1, 0.15) is 11.5 Å². The van der Waals surface area contributed by atoms with Gasteiger partial charge in [-0.15, -0.1) is 0 Å². The minimum absolute atomic E-state index is 0.131. The Morgan fingerprint density at radius 1 is 0.553 bits per heavy atom. The second kappa shape index (κ2) is 11.5. The Balaban J connectivity index is 1.81. The molecule has 4 rings (SSSR count). The molecule has 2 unspecified atom stereocenters. The first-order chi connectivity index (χ1) is 18.0. The van der Waals surface area contributed by atoms with E-state index in [0.717, 1.165) is 32.3 Å². The summed E-state index contributed by atoms with van der Waals surface area (Å²) in [6.07, 6.45) is 0. The molecule has 0 fully saturated rings. The van der Waals surface area contributed by atoms with Gasteiger partial charge in [0.05, 0.1) is 24.0 Å². The number of rotatable bonds is 9. The molecular formula is C26H24O8P2S2. The molecule has 2 N–H and O–H groups in total. The largest absolute Gasteiger partial charge is 0.496 e. The molecule has 0 spiro atoms. The molecular weight excluding hydrogens is 566 g/mol. The standard InChI is InChI=1S/C26H24O8P2S2/c1-33-21-5-3-7-23(35-17-9-13-19(14-10-17)37(27,28)29)25(21)26-22(34-2)6-4-8-24(26)36-18-11-15-20(16-12-18)38(30,31)32/h3-16,35-36H,1-2H3,(H,27,28,29)(H,30,31,32). The second-order valence-corrected chi connectivity index (χ2v) is 13.6. The van der Waals surface area contributed by atoms with E-state index in [1.807, 2.05) is 36.4 Å². The Labute approximate surface area is 225 Å². The van der Waals surface area contributed by atoms with Gasteiger partial charge in [-0.1, -0.05) is 65.7 Å². The molecule has 0 aliphatic carbocycles. The highest BCUT2D eigenvalue weighted by atomic mass is 32.2. The Kier molecular flexibility index (Phi) is 8.52. The lowest BCUT2D eigenvalue weighted by atomic mass is 10.0. The van der Waals surface area contributed by atoms with E-state index < -0.39 is 20.2 Å². The minimum atomic E-state index is -4.29. The van der Waals surface area contributed by atoms with Gasteiger partial charge in [-0.05, 0) is 57.6 Å². The van der Waals surface area contributed by atoms with Crippen LogP contribution in [0.3, 0.4) is 0 Å². The van der Waals surface area contributed by atoms with E-state index in [1.54, 1.807) is 38.5 Å². The molecule has 0 aliphatic rings. The SMILES string of the molecule is COc1cccc(Pc2ccc(S(=O)(=O)O)cc2)c1-c1c(OC)cccc1Pc1ccc(S(=O)(=O)O)cc1. The smallest absolute Gasteiger partial charge is 0.294 e. The summed E-state index contributed by atoms with van der Waals surface area (Å²) in [4.78, 5) is -0.352. The summed E-state index contributed by atoms with van der Waals surface area (Å²) < 4.78 is 75.8. The fourth-order valence-corrected chi connectivity index (χ4v) is 7.21. The van der Waals surface area contributed by atoms with Crippen LogP contribution in [0.25, 0.3) is 11.1 Å². The third kappa shape index (κ3) is 6.41. The minimum Gasteiger partial charge on any atom is -0.496 e. The van der Waals surface area contributed by atoms with E-state index in [-0.39, 0.29) is 27.0 Å². The lowest BCUT2D eigenvalue weighted by Gasteiger charge is -2.20. The molecule has 0 aliphatic heterocycles. The monoisotopic (exact) mass is 590 g/mol. The first kappa shape index (κ1) is 28.2. The van der Waals surface area contributed by atoms with E-state index in [1.165, 1.54) is 24.3 Å². The van der Waals surface area contributed by atoms with E-state index in [4.69, 9.17) is 9.47 Å². The van der Waals surface area contributed by atoms with E-state index in [0.29, 0.717) is 11.5 Å². The van der Waals surface area contributed by atoms with E-state index in [2.05, 4.69) is 0 Å². The van der Waals surface area contributed by atoms with Crippen molar-refractivity contribution in [3.8, 4) is 22.6 Å². The van der Waals surface area contributed by atoms with Crippen LogP contribution < -0.4 is 30.7 Å². The quantitative estimate of drug-likeness (QED) is 0.225. The van der Waals surface area contributed by atoms with Gasteiger partial charge in [0.2, 0.25) is 0 Å². The van der Waals surface area contributed by atoms with Crippen LogP contribution in [0.5, 0.6) is 11.5 Å². The Morgan fingerprint density at radius 3 is 1.18 bits per heavy atom. The van der Waals surface area contributed by atoms with Crippen molar-refractivity contribution in [2.24, 2.45) is 0 Å². The van der Waals surface area contributed by atoms with Crippen molar-refractivity contribution in [2.45, 2.75) is 9.79 Å². The summed E-state index contributed by atoms with van der Waals surface area (Å²) in [5.74, 6) is 1.25. The highest BCUT2D eigenvalue weighted by Gasteiger charge is 2.21. The second-order valence-electron chi connectivity index (χ2n) is 8.01. The van der Waals surface area contributed by atoms with Crippen LogP contribution in [-0.2, 0) is 20.2 Å². The lowest BCUT2D eigenvalue weighted by Crippen LogP contribution is -2.15. The number of hydrogen-bond donors (Lipinski definition) is 2. The van der Waals surface area contributed by atoms with Gasteiger partial charge in [0.15, 0.2) is 0 Å². The van der Waals surface area contributed by atoms with Gasteiger partial charge in [-0.2, -0.15) is 16.8 Å². The van der Waals surface area contributed by atoms with Crippen LogP contribution in [-0.4, -0.2) is 40.2 Å². The first-order valence-corrected chi connectivity index (χ1v) is 15.9. The molecule has 8 nitrogen and oxygen atoms in total. The van der Waals surface area contributed by atoms with Crippen molar-refractivity contribution in [1.29, 1.82) is 0 Å². The lowest BCUT2D eigenvalue weighted by molar-refractivity contribution is 0.411. The summed E-state index contributed by atoms with van der Waals surface area (Å²) in [6.45, 7) is 0. The normalized spacial score (nSPS) is 12.4. The molecule has 38 heavy (non-hydrogen) atoms. The summed E-state index contributed by atoms with van der Waals surface area (Å²) in [5.41, 5.74) is 1.64. The molecule has 0 bridgehead atoms. The molecule has 0 aromatic heterocycles. The molecule has 12 heteroatoms. The number of ether oxygens (including phenoxy) is 2. The molecule has 0 saturated carbocycles. The summed E-state index contributed by atoms with van der Waals surface area (Å²) in [7, 11) is -5.15. The first-order valence-electron chi connectivity index (χ1n) is 11.0. The molecule has 0 saturated heterocycles. The van der Waals surface area contributed by atoms with Crippen molar-refractivity contribution >= 4 is 58.6 Å². The third-order valence-corrected chi connectivity index (χ3v) is 9.96. The summed E-state index contributed by atoms with van der Waals surface area (Å²) >= 11 is 0. The predicted molar refractivity (Wildman–Crippen MR) is 153 cm³/mol. The van der Waals surface area contributed by atoms with Gasteiger partial charge < -0.3 is 9.47 Å². The average Bonchev–Trinajstić information content (AvgIpc) is 2.88. The highest BCUT2D eigenvalue weighted by Crippen LogP contribution is 2.39. The van der Waals surface area contributed by atoms with Gasteiger partial charge in [0.25, 0.3) is 20.2 Å². The maximum atomic E-state index is 11.4. The van der Waals surface area contributed by atoms with Crippen LogP contribution in [0.15, 0.2) is 94.7 Å². The van der Waals surface area contributed by atoms with Crippen LogP contribution in [0, 0.1) is 0 Å². The van der Waals surface area contributed by atoms with Crippen LogP contribution in [0.1, 0.15) is 0 Å². The van der Waals surface area contributed by atoms with Crippen molar-refractivity contribution in [3.05, 3.63) is 84.9 Å². The zero-order chi connectivity index (χ0) is 27.5. The fraction of sp³-hybridized carbons (Fsp3) is 0.0769. The zero-order valence-electron chi connectivity index (χ0n) is 20.2. The van der Waals surface area contributed by atoms with Crippen LogP contribution in [0.2, 0.25) is 0 Å². The molecule has 2 atom stereocenters. The summed E-state index contributed by atoms with van der Waals surface area (Å²) in [5, 5.41) is 3.57. The van der Waals surface area contributed by atoms with Gasteiger partial charge >= 0.3 is 0 Å². The molecule has 0 radical (unpaired) electrons. The molecule has 4 aromatic carbocycles. The number of benzene rings is 4. The Bertz CT molecular complexity index is 1540. The molecule has 0 amide bonds. The van der Waals surface area contributed by atoms with Crippen molar-refractivity contribution in [2.75, 3.05) is 14.2 Å². The topological polar surface area (TPSA) is 127 Å². The zero-order valence-corrected chi connectivity index (χ0v) is 23.9. The molecule has 4 aromatic rings. The fourth-order valence-electron chi connectivity index (χ4n) is 3.86. The maximum Gasteiger partial charge on any atom is 0.294 e. The van der Waals surface area contributed by atoms with Crippen LogP contribution in [0.4, 0.5) is 0 Å². The van der Waals surface area contributed by atoms with E-state index >= 15 is 0 Å².